The van der Waals surface area contributed by atoms with Crippen LogP contribution in [0.3, 0.4) is 0 Å². The van der Waals surface area contributed by atoms with E-state index in [9.17, 15) is 4.79 Å². The lowest BCUT2D eigenvalue weighted by atomic mass is 10.1. The fraction of sp³-hybridized carbons (Fsp3) is 0.312. The summed E-state index contributed by atoms with van der Waals surface area (Å²) >= 11 is 0. The van der Waals surface area contributed by atoms with Crippen molar-refractivity contribution in [2.45, 2.75) is 19.9 Å². The van der Waals surface area contributed by atoms with Crippen LogP contribution >= 0.6 is 0 Å². The molecule has 1 heterocycles. The van der Waals surface area contributed by atoms with E-state index in [0.29, 0.717) is 17.1 Å². The molecule has 5 heteroatoms. The van der Waals surface area contributed by atoms with E-state index in [-0.39, 0.29) is 11.9 Å². The summed E-state index contributed by atoms with van der Waals surface area (Å²) in [6, 6.07) is 8.56. The zero-order valence-electron chi connectivity index (χ0n) is 12.6. The molecular formula is C16H19NO4. The number of hydrogen-bond acceptors (Lipinski definition) is 4. The van der Waals surface area contributed by atoms with Crippen LogP contribution in [-0.2, 0) is 0 Å². The first-order valence-corrected chi connectivity index (χ1v) is 6.64. The zero-order valence-corrected chi connectivity index (χ0v) is 12.6. The Labute approximate surface area is 123 Å². The number of benzene rings is 1. The highest BCUT2D eigenvalue weighted by atomic mass is 16.5. The molecule has 5 nitrogen and oxygen atoms in total. The van der Waals surface area contributed by atoms with Crippen molar-refractivity contribution < 1.29 is 18.7 Å². The van der Waals surface area contributed by atoms with E-state index in [4.69, 9.17) is 13.9 Å². The Bertz CT molecular complexity index is 633. The molecule has 2 rings (SSSR count). The van der Waals surface area contributed by atoms with Crippen molar-refractivity contribution in [2.75, 3.05) is 14.2 Å². The summed E-state index contributed by atoms with van der Waals surface area (Å²) in [5, 5.41) is 2.89. The summed E-state index contributed by atoms with van der Waals surface area (Å²) in [4.78, 5) is 12.3. The topological polar surface area (TPSA) is 60.7 Å². The van der Waals surface area contributed by atoms with Crippen molar-refractivity contribution in [3.05, 3.63) is 47.4 Å². The van der Waals surface area contributed by atoms with Crippen LogP contribution in [0, 0.1) is 6.92 Å². The number of amides is 1. The maximum Gasteiger partial charge on any atom is 0.252 e. The number of methoxy groups -OCH3 is 2. The molecule has 1 amide bonds. The highest BCUT2D eigenvalue weighted by Crippen LogP contribution is 2.27. The number of carbonyl (C=O) groups excluding carboxylic acids is 1. The fourth-order valence-electron chi connectivity index (χ4n) is 2.01. The van der Waals surface area contributed by atoms with Gasteiger partial charge in [-0.05, 0) is 44.2 Å². The molecule has 0 fully saturated rings. The fourth-order valence-corrected chi connectivity index (χ4v) is 2.01. The number of furan rings is 1. The molecule has 0 radical (unpaired) electrons. The minimum atomic E-state index is -0.209. The maximum absolute atomic E-state index is 12.3. The standard InChI is InChI=1S/C16H19NO4/c1-10-5-7-13(21-10)11(2)17-16(18)12-6-8-14(19-3)15(9-12)20-4/h5-9,11H,1-4H3,(H,17,18). The average Bonchev–Trinajstić information content (AvgIpc) is 2.93. The van der Waals surface area contributed by atoms with Crippen LogP contribution in [0.5, 0.6) is 11.5 Å². The van der Waals surface area contributed by atoms with E-state index in [1.54, 1.807) is 25.3 Å². The predicted molar refractivity (Wildman–Crippen MR) is 78.9 cm³/mol. The summed E-state index contributed by atoms with van der Waals surface area (Å²) in [6.07, 6.45) is 0. The highest BCUT2D eigenvalue weighted by molar-refractivity contribution is 5.95. The lowest BCUT2D eigenvalue weighted by Gasteiger charge is -2.13. The van der Waals surface area contributed by atoms with Crippen molar-refractivity contribution in [1.29, 1.82) is 0 Å². The van der Waals surface area contributed by atoms with Crippen molar-refractivity contribution in [2.24, 2.45) is 0 Å². The van der Waals surface area contributed by atoms with E-state index >= 15 is 0 Å². The Hall–Kier alpha value is -2.43. The second-order valence-electron chi connectivity index (χ2n) is 4.71. The molecule has 1 unspecified atom stereocenters. The largest absolute Gasteiger partial charge is 0.493 e. The van der Waals surface area contributed by atoms with Crippen molar-refractivity contribution in [1.82, 2.24) is 5.32 Å². The monoisotopic (exact) mass is 289 g/mol. The average molecular weight is 289 g/mol. The third-order valence-electron chi connectivity index (χ3n) is 3.18. The normalized spacial score (nSPS) is 11.8. The molecule has 0 aliphatic heterocycles. The van der Waals surface area contributed by atoms with E-state index in [2.05, 4.69) is 5.32 Å². The van der Waals surface area contributed by atoms with Gasteiger partial charge in [0.05, 0.1) is 20.3 Å². The summed E-state index contributed by atoms with van der Waals surface area (Å²) in [6.45, 7) is 3.74. The Kier molecular flexibility index (Phi) is 4.52. The van der Waals surface area contributed by atoms with Gasteiger partial charge in [-0.15, -0.1) is 0 Å². The van der Waals surface area contributed by atoms with Gasteiger partial charge in [-0.2, -0.15) is 0 Å². The first-order valence-electron chi connectivity index (χ1n) is 6.64. The molecule has 2 aromatic rings. The smallest absolute Gasteiger partial charge is 0.252 e. The summed E-state index contributed by atoms with van der Waals surface area (Å²) in [7, 11) is 3.09. The molecule has 0 spiro atoms. The first-order chi connectivity index (χ1) is 10.0. The number of nitrogens with one attached hydrogen (secondary N) is 1. The Balaban J connectivity index is 2.13. The molecule has 0 aliphatic carbocycles. The SMILES string of the molecule is COc1ccc(C(=O)NC(C)c2ccc(C)o2)cc1OC. The molecule has 1 atom stereocenters. The lowest BCUT2D eigenvalue weighted by molar-refractivity contribution is 0.0934. The molecule has 0 saturated heterocycles. The van der Waals surface area contributed by atoms with Gasteiger partial charge < -0.3 is 19.2 Å². The molecule has 0 bridgehead atoms. The van der Waals surface area contributed by atoms with Gasteiger partial charge in [-0.3, -0.25) is 4.79 Å². The minimum absolute atomic E-state index is 0.197. The third kappa shape index (κ3) is 3.37. The molecule has 1 N–H and O–H groups in total. The maximum atomic E-state index is 12.3. The van der Waals surface area contributed by atoms with Crippen molar-refractivity contribution in [3.63, 3.8) is 0 Å². The summed E-state index contributed by atoms with van der Waals surface area (Å²) in [5.74, 6) is 2.45. The van der Waals surface area contributed by atoms with Gasteiger partial charge in [0.15, 0.2) is 11.5 Å². The Morgan fingerprint density at radius 1 is 1.14 bits per heavy atom. The second kappa shape index (κ2) is 6.35. The highest BCUT2D eigenvalue weighted by Gasteiger charge is 2.15. The molecule has 21 heavy (non-hydrogen) atoms. The number of ether oxygens (including phenoxy) is 2. The predicted octanol–water partition coefficient (Wildman–Crippen LogP) is 3.10. The zero-order chi connectivity index (χ0) is 15.4. The van der Waals surface area contributed by atoms with Gasteiger partial charge in [0.1, 0.15) is 11.5 Å². The first kappa shape index (κ1) is 15.0. The molecule has 112 valence electrons. The minimum Gasteiger partial charge on any atom is -0.493 e. The van der Waals surface area contributed by atoms with Crippen LogP contribution < -0.4 is 14.8 Å². The molecule has 0 aliphatic rings. The van der Waals surface area contributed by atoms with Gasteiger partial charge in [0, 0.05) is 5.56 Å². The van der Waals surface area contributed by atoms with E-state index in [1.165, 1.54) is 7.11 Å². The van der Waals surface area contributed by atoms with E-state index in [0.717, 1.165) is 11.5 Å². The number of hydrogen-bond donors (Lipinski definition) is 1. The number of carbonyl (C=O) groups is 1. The van der Waals surface area contributed by atoms with Crippen molar-refractivity contribution in [3.8, 4) is 11.5 Å². The van der Waals surface area contributed by atoms with Gasteiger partial charge in [0.2, 0.25) is 0 Å². The number of rotatable bonds is 5. The second-order valence-corrected chi connectivity index (χ2v) is 4.71. The summed E-state index contributed by atoms with van der Waals surface area (Å²) < 4.78 is 15.9. The summed E-state index contributed by atoms with van der Waals surface area (Å²) in [5.41, 5.74) is 0.503. The van der Waals surface area contributed by atoms with Crippen LogP contribution in [-0.4, -0.2) is 20.1 Å². The van der Waals surface area contributed by atoms with Crippen LogP contribution in [0.15, 0.2) is 34.7 Å². The molecule has 1 aromatic heterocycles. The molecule has 0 saturated carbocycles. The van der Waals surface area contributed by atoms with Crippen LogP contribution in [0.25, 0.3) is 0 Å². The van der Waals surface area contributed by atoms with Gasteiger partial charge in [-0.1, -0.05) is 0 Å². The lowest BCUT2D eigenvalue weighted by Crippen LogP contribution is -2.26. The van der Waals surface area contributed by atoms with Crippen LogP contribution in [0.1, 0.15) is 34.8 Å². The molecule has 1 aromatic carbocycles. The van der Waals surface area contributed by atoms with Crippen LogP contribution in [0.2, 0.25) is 0 Å². The Morgan fingerprint density at radius 3 is 2.43 bits per heavy atom. The number of aryl methyl sites for hydroxylation is 1. The molecular weight excluding hydrogens is 270 g/mol. The van der Waals surface area contributed by atoms with Crippen LogP contribution in [0.4, 0.5) is 0 Å². The van der Waals surface area contributed by atoms with Gasteiger partial charge in [0.25, 0.3) is 5.91 Å². The van der Waals surface area contributed by atoms with Gasteiger partial charge in [-0.25, -0.2) is 0 Å². The van der Waals surface area contributed by atoms with Gasteiger partial charge >= 0.3 is 0 Å². The van der Waals surface area contributed by atoms with E-state index in [1.807, 2.05) is 26.0 Å². The quantitative estimate of drug-likeness (QED) is 0.918. The Morgan fingerprint density at radius 2 is 1.86 bits per heavy atom. The van der Waals surface area contributed by atoms with E-state index < -0.39 is 0 Å². The van der Waals surface area contributed by atoms with Crippen molar-refractivity contribution >= 4 is 5.91 Å². The third-order valence-corrected chi connectivity index (χ3v) is 3.18.